The molecule has 108 valence electrons. The fraction of sp³-hybridized carbons (Fsp3) is 0.923. The van der Waals surface area contributed by atoms with Gasteiger partial charge < -0.3 is 10.6 Å². The van der Waals surface area contributed by atoms with Gasteiger partial charge in [-0.05, 0) is 53.4 Å². The van der Waals surface area contributed by atoms with E-state index in [-0.39, 0.29) is 23.9 Å². The van der Waals surface area contributed by atoms with Gasteiger partial charge in [-0.1, -0.05) is 10.4 Å². The van der Waals surface area contributed by atoms with Crippen molar-refractivity contribution in [3.8, 4) is 0 Å². The molecule has 0 aromatic carbocycles. The summed E-state index contributed by atoms with van der Waals surface area (Å²) in [7, 11) is 26.5. The lowest BCUT2D eigenvalue weighted by Gasteiger charge is -2.55. The van der Waals surface area contributed by atoms with E-state index in [4.69, 9.17) is 31.4 Å². The number of amides is 1. The third kappa shape index (κ3) is 5.41. The van der Waals surface area contributed by atoms with Crippen molar-refractivity contribution in [3.05, 3.63) is 0 Å². The highest BCUT2D eigenvalue weighted by molar-refractivity contribution is 6.45. The molecule has 8 radical (unpaired) electrons. The molecule has 1 saturated heterocycles. The first-order valence-corrected chi connectivity index (χ1v) is 7.21. The molecule has 0 spiro atoms. The maximum atomic E-state index is 12.0. The monoisotopic (exact) mass is 281 g/mol. The molecule has 1 aliphatic heterocycles. The van der Waals surface area contributed by atoms with E-state index in [1.165, 1.54) is 0 Å². The third-order valence-electron chi connectivity index (χ3n) is 3.58. The molecule has 2 N–H and O–H groups in total. The Kier molecular flexibility index (Phi) is 5.71. The normalized spacial score (nSPS) is 22.9. The van der Waals surface area contributed by atoms with Crippen molar-refractivity contribution in [2.24, 2.45) is 5.92 Å². The molecule has 21 heavy (non-hydrogen) atoms. The predicted octanol–water partition coefficient (Wildman–Crippen LogP) is -1.04. The fourth-order valence-electron chi connectivity index (χ4n) is 2.91. The second-order valence-electron chi connectivity index (χ2n) is 7.28. The second-order valence-corrected chi connectivity index (χ2v) is 7.28. The van der Waals surface area contributed by atoms with E-state index in [0.717, 1.165) is 0 Å². The van der Waals surface area contributed by atoms with Gasteiger partial charge in [0, 0.05) is 5.54 Å². The zero-order chi connectivity index (χ0) is 16.5. The van der Waals surface area contributed by atoms with Crippen LogP contribution in [0.1, 0.15) is 20.8 Å². The number of carbonyl (C=O) groups is 1. The van der Waals surface area contributed by atoms with Gasteiger partial charge in [-0.2, -0.15) is 0 Å². The summed E-state index contributed by atoms with van der Waals surface area (Å²) in [5, 5.41) is 3.82. The number of hydrogen-bond donors (Lipinski definition) is 2. The summed E-state index contributed by atoms with van der Waals surface area (Å²) < 4.78 is 0. The Morgan fingerprint density at radius 3 is 2.05 bits per heavy atom. The number of piperidine rings is 1. The summed E-state index contributed by atoms with van der Waals surface area (Å²) in [6, 6.07) is 0. The number of nitrogens with one attached hydrogen (secondary N) is 2. The highest BCUT2D eigenvalue weighted by Crippen LogP contribution is 2.47. The lowest BCUT2D eigenvalue weighted by atomic mass is 9.33. The molecule has 8 heteroatoms. The molecule has 0 aliphatic carbocycles. The van der Waals surface area contributed by atoms with Gasteiger partial charge in [0.25, 0.3) is 0 Å². The summed E-state index contributed by atoms with van der Waals surface area (Å²) in [6.45, 7) is 7.22. The molecule has 1 heterocycles. The van der Waals surface area contributed by atoms with Crippen LogP contribution in [0.4, 0.5) is 0 Å². The van der Waals surface area contributed by atoms with E-state index in [2.05, 4.69) is 10.6 Å². The highest BCUT2D eigenvalue weighted by Gasteiger charge is 2.44. The summed E-state index contributed by atoms with van der Waals surface area (Å²) in [4.78, 5) is 13.8. The lowest BCUT2D eigenvalue weighted by Crippen LogP contribution is -2.58. The topological polar surface area (TPSA) is 44.4 Å². The van der Waals surface area contributed by atoms with Crippen molar-refractivity contribution < 1.29 is 4.79 Å². The Labute approximate surface area is 134 Å². The molecule has 4 nitrogen and oxygen atoms in total. The van der Waals surface area contributed by atoms with Gasteiger partial charge in [-0.15, -0.1) is 0 Å². The number of likely N-dealkylation sites (tertiary alicyclic amines) is 1. The van der Waals surface area contributed by atoms with Crippen LogP contribution >= 0.6 is 0 Å². The van der Waals surface area contributed by atoms with Crippen LogP contribution in [0, 0.1) is 5.92 Å². The van der Waals surface area contributed by atoms with Gasteiger partial charge >= 0.3 is 0 Å². The molecule has 1 amide bonds. The van der Waals surface area contributed by atoms with Crippen molar-refractivity contribution >= 4 is 37.3 Å². The van der Waals surface area contributed by atoms with Crippen molar-refractivity contribution in [1.29, 1.82) is 0 Å². The van der Waals surface area contributed by atoms with E-state index in [9.17, 15) is 4.79 Å². The van der Waals surface area contributed by atoms with E-state index < -0.39 is 10.4 Å². The first kappa shape index (κ1) is 18.7. The second kappa shape index (κ2) is 6.41. The Bertz CT molecular complexity index is 364. The maximum Gasteiger partial charge on any atom is 0.234 e. The Balaban J connectivity index is 2.75. The molecule has 1 rings (SSSR count). The van der Waals surface area contributed by atoms with E-state index in [1.807, 2.05) is 25.7 Å². The fourth-order valence-corrected chi connectivity index (χ4v) is 2.91. The Hall–Kier alpha value is -0.350. The smallest absolute Gasteiger partial charge is 0.234 e. The molecule has 0 aromatic heterocycles. The number of hydrogen-bond acceptors (Lipinski definition) is 3. The number of carbonyl (C=O) groups excluding carboxylic acids is 1. The molecule has 1 fully saturated rings. The first-order valence-electron chi connectivity index (χ1n) is 7.21. The molecule has 0 saturated carbocycles. The molecule has 0 aromatic rings. The minimum Gasteiger partial charge on any atom is -0.350 e. The van der Waals surface area contributed by atoms with Crippen LogP contribution in [-0.2, 0) is 4.79 Å². The molecule has 0 bridgehead atoms. The van der Waals surface area contributed by atoms with E-state index in [1.54, 1.807) is 7.05 Å². The quantitative estimate of drug-likeness (QED) is 0.647. The Morgan fingerprint density at radius 1 is 1.19 bits per heavy atom. The standard InChI is InChI=1S/C13H23B4N3O/c1-11(2,3)19-10(21)6-20-7-12(14,15)9(5-18-4)13(16,17)8-20/h9,18H,5-8H2,1-4H3,(H,19,21). The Morgan fingerprint density at radius 2 is 1.67 bits per heavy atom. The number of rotatable bonds is 4. The average Bonchev–Trinajstić information content (AvgIpc) is 2.18. The average molecular weight is 281 g/mol. The van der Waals surface area contributed by atoms with Gasteiger partial charge in [0.2, 0.25) is 5.91 Å². The largest absolute Gasteiger partial charge is 0.350 e. The molecular formula is C13H23B4N3O. The molecule has 0 unspecified atom stereocenters. The molecular weight excluding hydrogens is 257 g/mol. The molecule has 0 atom stereocenters. The van der Waals surface area contributed by atoms with Crippen molar-refractivity contribution in [2.75, 3.05) is 33.2 Å². The van der Waals surface area contributed by atoms with Crippen LogP contribution < -0.4 is 10.6 Å². The van der Waals surface area contributed by atoms with Crippen molar-refractivity contribution in [2.45, 2.75) is 36.7 Å². The lowest BCUT2D eigenvalue weighted by molar-refractivity contribution is -0.124. The minimum absolute atomic E-state index is 0.0961. The summed E-state index contributed by atoms with van der Waals surface area (Å²) in [5.74, 6) is -0.377. The van der Waals surface area contributed by atoms with Gasteiger partial charge in [0.05, 0.1) is 37.9 Å². The van der Waals surface area contributed by atoms with E-state index >= 15 is 0 Å². The minimum atomic E-state index is -1.05. The SMILES string of the molecule is [B]C1([B])CN(CC(=O)NC(C)(C)C)CC([B])([B])C1CNC. The van der Waals surface area contributed by atoms with Gasteiger partial charge in [-0.3, -0.25) is 9.69 Å². The van der Waals surface area contributed by atoms with Crippen LogP contribution in [0.2, 0.25) is 10.4 Å². The van der Waals surface area contributed by atoms with Gasteiger partial charge in [-0.25, -0.2) is 0 Å². The van der Waals surface area contributed by atoms with Crippen molar-refractivity contribution in [3.63, 3.8) is 0 Å². The molecule has 1 aliphatic rings. The number of nitrogens with zero attached hydrogens (tertiary/aromatic N) is 1. The zero-order valence-corrected chi connectivity index (χ0v) is 13.6. The van der Waals surface area contributed by atoms with Crippen molar-refractivity contribution in [1.82, 2.24) is 15.5 Å². The van der Waals surface area contributed by atoms with Crippen LogP contribution in [0.3, 0.4) is 0 Å². The van der Waals surface area contributed by atoms with Gasteiger partial charge in [0.15, 0.2) is 0 Å². The summed E-state index contributed by atoms with van der Waals surface area (Å²) in [6.07, 6.45) is 0. The third-order valence-corrected chi connectivity index (χ3v) is 3.58. The van der Waals surface area contributed by atoms with Crippen LogP contribution in [-0.4, -0.2) is 81.0 Å². The van der Waals surface area contributed by atoms with E-state index in [0.29, 0.717) is 19.6 Å². The van der Waals surface area contributed by atoms with Crippen LogP contribution in [0.25, 0.3) is 0 Å². The van der Waals surface area contributed by atoms with Gasteiger partial charge in [0.1, 0.15) is 0 Å². The summed E-state index contributed by atoms with van der Waals surface area (Å²) in [5.41, 5.74) is -0.285. The van der Waals surface area contributed by atoms with Crippen LogP contribution in [0.15, 0.2) is 0 Å². The zero-order valence-electron chi connectivity index (χ0n) is 13.6. The highest BCUT2D eigenvalue weighted by atomic mass is 16.2. The maximum absolute atomic E-state index is 12.0. The first-order chi connectivity index (χ1) is 9.37. The van der Waals surface area contributed by atoms with Crippen LogP contribution in [0.5, 0.6) is 0 Å². The predicted molar refractivity (Wildman–Crippen MR) is 90.2 cm³/mol. The summed E-state index contributed by atoms with van der Waals surface area (Å²) >= 11 is 0.